The molecule has 0 amide bonds. The van der Waals surface area contributed by atoms with Gasteiger partial charge in [-0.1, -0.05) is 28.1 Å². The fraction of sp³-hybridized carbons (Fsp3) is 0.214. The smallest absolute Gasteiger partial charge is 0.133 e. The fourth-order valence-corrected chi connectivity index (χ4v) is 2.23. The van der Waals surface area contributed by atoms with Gasteiger partial charge in [-0.05, 0) is 29.3 Å². The molecule has 0 radical (unpaired) electrons. The van der Waals surface area contributed by atoms with Crippen molar-refractivity contribution in [3.05, 3.63) is 46.6 Å². The normalized spacial score (nSPS) is 10.4. The van der Waals surface area contributed by atoms with Crippen LogP contribution >= 0.6 is 15.9 Å². The number of nitrogens with zero attached hydrogens (tertiary/aromatic N) is 2. The van der Waals surface area contributed by atoms with Crippen LogP contribution in [-0.4, -0.2) is 19.1 Å². The van der Waals surface area contributed by atoms with Crippen molar-refractivity contribution in [1.82, 2.24) is 4.98 Å². The molecule has 0 fully saturated rings. The Morgan fingerprint density at radius 2 is 1.83 bits per heavy atom. The molecule has 2 N–H and O–H groups in total. The molecule has 0 spiro atoms. The Kier molecular flexibility index (Phi) is 3.99. The first kappa shape index (κ1) is 13.1. The van der Waals surface area contributed by atoms with Gasteiger partial charge in [-0.25, -0.2) is 4.98 Å². The lowest BCUT2D eigenvalue weighted by molar-refractivity contribution is 0.988. The van der Waals surface area contributed by atoms with Crippen LogP contribution in [0.1, 0.15) is 5.56 Å². The highest BCUT2D eigenvalue weighted by Crippen LogP contribution is 2.29. The molecule has 1 aromatic heterocycles. The molecule has 1 aromatic carbocycles. The third kappa shape index (κ3) is 2.54. The number of anilines is 1. The molecule has 0 atom stereocenters. The monoisotopic (exact) mass is 305 g/mol. The Morgan fingerprint density at radius 1 is 1.17 bits per heavy atom. The van der Waals surface area contributed by atoms with Crippen LogP contribution in [0.4, 0.5) is 5.82 Å². The standard InChI is InChI=1S/C14H16BrN3/c1-18(2)14-13(9-16)12(7-8-17-14)10-3-5-11(15)6-4-10/h3-8H,9,16H2,1-2H3. The van der Waals surface area contributed by atoms with E-state index >= 15 is 0 Å². The molecule has 18 heavy (non-hydrogen) atoms. The molecule has 0 bridgehead atoms. The summed E-state index contributed by atoms with van der Waals surface area (Å²) in [6.45, 7) is 0.479. The highest BCUT2D eigenvalue weighted by molar-refractivity contribution is 9.10. The largest absolute Gasteiger partial charge is 0.362 e. The zero-order valence-corrected chi connectivity index (χ0v) is 12.1. The summed E-state index contributed by atoms with van der Waals surface area (Å²) in [7, 11) is 3.96. The SMILES string of the molecule is CN(C)c1nccc(-c2ccc(Br)cc2)c1CN. The van der Waals surface area contributed by atoms with Crippen molar-refractivity contribution in [2.75, 3.05) is 19.0 Å². The molecular weight excluding hydrogens is 290 g/mol. The molecule has 94 valence electrons. The van der Waals surface area contributed by atoms with Crippen molar-refractivity contribution in [3.63, 3.8) is 0 Å². The number of hydrogen-bond donors (Lipinski definition) is 1. The van der Waals surface area contributed by atoms with E-state index in [0.29, 0.717) is 6.54 Å². The van der Waals surface area contributed by atoms with Crippen molar-refractivity contribution < 1.29 is 0 Å². The van der Waals surface area contributed by atoms with Gasteiger partial charge in [-0.15, -0.1) is 0 Å². The topological polar surface area (TPSA) is 42.2 Å². The summed E-state index contributed by atoms with van der Waals surface area (Å²) in [4.78, 5) is 6.38. The first-order valence-electron chi connectivity index (χ1n) is 5.74. The van der Waals surface area contributed by atoms with Crippen LogP contribution in [0.2, 0.25) is 0 Å². The number of halogens is 1. The van der Waals surface area contributed by atoms with Crippen molar-refractivity contribution in [2.24, 2.45) is 5.73 Å². The summed E-state index contributed by atoms with van der Waals surface area (Å²) in [5.74, 6) is 0.929. The van der Waals surface area contributed by atoms with E-state index in [4.69, 9.17) is 5.73 Å². The molecule has 0 saturated carbocycles. The number of aromatic nitrogens is 1. The van der Waals surface area contributed by atoms with Gasteiger partial charge in [0.1, 0.15) is 5.82 Å². The molecular formula is C14H16BrN3. The highest BCUT2D eigenvalue weighted by atomic mass is 79.9. The second kappa shape index (κ2) is 5.50. The van der Waals surface area contributed by atoms with E-state index in [0.717, 1.165) is 27.0 Å². The van der Waals surface area contributed by atoms with E-state index in [1.165, 1.54) is 0 Å². The molecule has 0 unspecified atom stereocenters. The molecule has 0 aliphatic rings. The van der Waals surface area contributed by atoms with Gasteiger partial charge in [0.25, 0.3) is 0 Å². The number of benzene rings is 1. The van der Waals surface area contributed by atoms with E-state index in [1.807, 2.05) is 43.4 Å². The van der Waals surface area contributed by atoms with Gasteiger partial charge < -0.3 is 10.6 Å². The molecule has 0 aliphatic carbocycles. The van der Waals surface area contributed by atoms with Gasteiger partial charge in [0.2, 0.25) is 0 Å². The molecule has 2 rings (SSSR count). The predicted molar refractivity (Wildman–Crippen MR) is 79.6 cm³/mol. The lowest BCUT2D eigenvalue weighted by Gasteiger charge is -2.18. The first-order chi connectivity index (χ1) is 8.63. The maximum Gasteiger partial charge on any atom is 0.133 e. The Bertz CT molecular complexity index is 535. The second-order valence-corrected chi connectivity index (χ2v) is 5.18. The van der Waals surface area contributed by atoms with Crippen molar-refractivity contribution in [2.45, 2.75) is 6.54 Å². The Hall–Kier alpha value is -1.39. The highest BCUT2D eigenvalue weighted by Gasteiger charge is 2.11. The Labute approximate surface area is 116 Å². The maximum absolute atomic E-state index is 5.88. The minimum Gasteiger partial charge on any atom is -0.362 e. The minimum atomic E-state index is 0.479. The van der Waals surface area contributed by atoms with Gasteiger partial charge in [0.05, 0.1) is 0 Å². The number of rotatable bonds is 3. The van der Waals surface area contributed by atoms with Gasteiger partial charge in [-0.3, -0.25) is 0 Å². The van der Waals surface area contributed by atoms with E-state index in [-0.39, 0.29) is 0 Å². The summed E-state index contributed by atoms with van der Waals surface area (Å²) >= 11 is 3.45. The van der Waals surface area contributed by atoms with Gasteiger partial charge in [0, 0.05) is 36.9 Å². The van der Waals surface area contributed by atoms with Crippen molar-refractivity contribution in [3.8, 4) is 11.1 Å². The molecule has 2 aromatic rings. The van der Waals surface area contributed by atoms with Crippen LogP contribution in [0.25, 0.3) is 11.1 Å². The zero-order valence-electron chi connectivity index (χ0n) is 10.5. The number of nitrogens with two attached hydrogens (primary N) is 1. The average Bonchev–Trinajstić information content (AvgIpc) is 2.38. The predicted octanol–water partition coefficient (Wildman–Crippen LogP) is 3.04. The van der Waals surface area contributed by atoms with E-state index in [2.05, 4.69) is 33.0 Å². The number of hydrogen-bond acceptors (Lipinski definition) is 3. The fourth-order valence-electron chi connectivity index (χ4n) is 1.97. The van der Waals surface area contributed by atoms with Crippen LogP contribution in [0.3, 0.4) is 0 Å². The minimum absolute atomic E-state index is 0.479. The Morgan fingerprint density at radius 3 is 2.39 bits per heavy atom. The maximum atomic E-state index is 5.88. The van der Waals surface area contributed by atoms with E-state index in [9.17, 15) is 0 Å². The third-order valence-electron chi connectivity index (χ3n) is 2.82. The Balaban J connectivity index is 2.57. The lowest BCUT2D eigenvalue weighted by Crippen LogP contribution is -2.15. The van der Waals surface area contributed by atoms with Crippen LogP contribution in [0.5, 0.6) is 0 Å². The summed E-state index contributed by atoms with van der Waals surface area (Å²) in [5, 5.41) is 0. The summed E-state index contributed by atoms with van der Waals surface area (Å²) in [5.41, 5.74) is 9.25. The van der Waals surface area contributed by atoms with Gasteiger partial charge in [-0.2, -0.15) is 0 Å². The van der Waals surface area contributed by atoms with Crippen molar-refractivity contribution >= 4 is 21.7 Å². The zero-order chi connectivity index (χ0) is 13.1. The summed E-state index contributed by atoms with van der Waals surface area (Å²) in [6.07, 6.45) is 1.83. The quantitative estimate of drug-likeness (QED) is 0.948. The van der Waals surface area contributed by atoms with E-state index < -0.39 is 0 Å². The molecule has 0 saturated heterocycles. The van der Waals surface area contributed by atoms with Gasteiger partial charge >= 0.3 is 0 Å². The number of pyridine rings is 1. The molecule has 0 aliphatic heterocycles. The lowest BCUT2D eigenvalue weighted by atomic mass is 10.0. The van der Waals surface area contributed by atoms with Gasteiger partial charge in [0.15, 0.2) is 0 Å². The van der Waals surface area contributed by atoms with Crippen LogP contribution in [-0.2, 0) is 6.54 Å². The third-order valence-corrected chi connectivity index (χ3v) is 3.34. The second-order valence-electron chi connectivity index (χ2n) is 4.27. The molecule has 1 heterocycles. The molecule has 3 nitrogen and oxygen atoms in total. The van der Waals surface area contributed by atoms with E-state index in [1.54, 1.807) is 0 Å². The van der Waals surface area contributed by atoms with Crippen LogP contribution < -0.4 is 10.6 Å². The average molecular weight is 306 g/mol. The van der Waals surface area contributed by atoms with Crippen molar-refractivity contribution in [1.29, 1.82) is 0 Å². The summed E-state index contributed by atoms with van der Waals surface area (Å²) < 4.78 is 1.07. The van der Waals surface area contributed by atoms with Crippen LogP contribution in [0, 0.1) is 0 Å². The van der Waals surface area contributed by atoms with Crippen LogP contribution in [0.15, 0.2) is 41.0 Å². The summed E-state index contributed by atoms with van der Waals surface area (Å²) in [6, 6.07) is 10.2. The molecule has 4 heteroatoms. The first-order valence-corrected chi connectivity index (χ1v) is 6.54.